The van der Waals surface area contributed by atoms with Crippen LogP contribution in [-0.2, 0) is 34.2 Å². The van der Waals surface area contributed by atoms with Crippen molar-refractivity contribution in [1.29, 1.82) is 0 Å². The molecule has 14 heteroatoms. The molecule has 2 aromatic carbocycles. The predicted molar refractivity (Wildman–Crippen MR) is 149 cm³/mol. The topological polar surface area (TPSA) is 185 Å². The third-order valence-corrected chi connectivity index (χ3v) is 8.15. The van der Waals surface area contributed by atoms with Gasteiger partial charge in [-0.1, -0.05) is 30.3 Å². The molecule has 214 valence electrons. The zero-order chi connectivity index (χ0) is 29.2. The number of aliphatic imine (C=N–C) groups is 1. The smallest absolute Gasteiger partial charge is 0.241 e. The van der Waals surface area contributed by atoms with E-state index in [4.69, 9.17) is 5.73 Å². The third kappa shape index (κ3) is 10.7. The molecular formula is C25H35N5O7S2. The zero-order valence-corrected chi connectivity index (χ0v) is 23.8. The van der Waals surface area contributed by atoms with E-state index in [1.807, 2.05) is 12.1 Å². The van der Waals surface area contributed by atoms with Crippen LogP contribution in [0, 0.1) is 0 Å². The Balaban J connectivity index is 2.13. The number of sulfone groups is 1. The highest BCUT2D eigenvalue weighted by Gasteiger charge is 2.30. The number of sulfonamides is 1. The maximum atomic E-state index is 13.2. The van der Waals surface area contributed by atoms with Crippen LogP contribution in [0.4, 0.5) is 0 Å². The summed E-state index contributed by atoms with van der Waals surface area (Å²) in [5, 5.41) is 4.00. The average Bonchev–Trinajstić information content (AvgIpc) is 2.86. The van der Waals surface area contributed by atoms with Gasteiger partial charge in [0.2, 0.25) is 21.8 Å². The van der Waals surface area contributed by atoms with Crippen LogP contribution in [0.25, 0.3) is 10.8 Å². The van der Waals surface area contributed by atoms with E-state index >= 15 is 0 Å². The van der Waals surface area contributed by atoms with Gasteiger partial charge in [-0.05, 0) is 49.1 Å². The van der Waals surface area contributed by atoms with Gasteiger partial charge < -0.3 is 20.7 Å². The second kappa shape index (κ2) is 14.1. The van der Waals surface area contributed by atoms with Gasteiger partial charge in [0.15, 0.2) is 0 Å². The van der Waals surface area contributed by atoms with Crippen molar-refractivity contribution in [2.75, 3.05) is 32.1 Å². The number of fused-ring (bicyclic) bond motifs is 1. The molecule has 4 N–H and O–H groups in total. The van der Waals surface area contributed by atoms with Crippen LogP contribution in [0.5, 0.6) is 0 Å². The van der Waals surface area contributed by atoms with Crippen LogP contribution in [0.3, 0.4) is 0 Å². The zero-order valence-electron chi connectivity index (χ0n) is 22.2. The molecule has 2 atom stereocenters. The van der Waals surface area contributed by atoms with E-state index in [-0.39, 0.29) is 11.3 Å². The van der Waals surface area contributed by atoms with E-state index in [1.54, 1.807) is 25.1 Å². The molecule has 0 aliphatic rings. The summed E-state index contributed by atoms with van der Waals surface area (Å²) in [7, 11) is -6.47. The number of hydrogen-bond donors (Lipinski definition) is 3. The van der Waals surface area contributed by atoms with Gasteiger partial charge in [0.25, 0.3) is 0 Å². The first-order chi connectivity index (χ1) is 18.2. The van der Waals surface area contributed by atoms with Crippen LogP contribution in [0.1, 0.15) is 26.2 Å². The SMILES string of the molecule is CC(N)=NCCCC(C=O)NC(=O)CN(C)C(=O)C(CCS(C)(=O)=O)NS(=O)(=O)c1ccc2ccccc2c1. The fourth-order valence-electron chi connectivity index (χ4n) is 3.71. The highest BCUT2D eigenvalue weighted by Crippen LogP contribution is 2.19. The van der Waals surface area contributed by atoms with Gasteiger partial charge in [-0.15, -0.1) is 0 Å². The molecule has 2 aromatic rings. The van der Waals surface area contributed by atoms with Gasteiger partial charge in [-0.25, -0.2) is 16.8 Å². The number of likely N-dealkylation sites (N-methyl/N-ethyl adjacent to an activating group) is 1. The summed E-state index contributed by atoms with van der Waals surface area (Å²) in [6.45, 7) is 1.55. The van der Waals surface area contributed by atoms with Gasteiger partial charge in [0.1, 0.15) is 22.2 Å². The largest absolute Gasteiger partial charge is 0.388 e. The molecule has 2 rings (SSSR count). The number of benzene rings is 2. The monoisotopic (exact) mass is 581 g/mol. The molecule has 0 fully saturated rings. The second-order valence-electron chi connectivity index (χ2n) is 9.27. The Morgan fingerprint density at radius 2 is 1.74 bits per heavy atom. The maximum Gasteiger partial charge on any atom is 0.241 e. The first kappa shape index (κ1) is 31.9. The van der Waals surface area contributed by atoms with Gasteiger partial charge >= 0.3 is 0 Å². The summed E-state index contributed by atoms with van der Waals surface area (Å²) in [6, 6.07) is 9.35. The fourth-order valence-corrected chi connectivity index (χ4v) is 5.63. The summed E-state index contributed by atoms with van der Waals surface area (Å²) >= 11 is 0. The van der Waals surface area contributed by atoms with Crippen molar-refractivity contribution in [1.82, 2.24) is 14.9 Å². The van der Waals surface area contributed by atoms with Gasteiger partial charge in [0, 0.05) is 19.8 Å². The minimum Gasteiger partial charge on any atom is -0.388 e. The molecule has 0 aliphatic heterocycles. The first-order valence-corrected chi connectivity index (χ1v) is 15.7. The van der Waals surface area contributed by atoms with Gasteiger partial charge in [-0.3, -0.25) is 14.6 Å². The van der Waals surface area contributed by atoms with Crippen molar-refractivity contribution >= 4 is 54.6 Å². The lowest BCUT2D eigenvalue weighted by atomic mass is 10.1. The second-order valence-corrected chi connectivity index (χ2v) is 13.2. The number of hydrogen-bond acceptors (Lipinski definition) is 8. The number of nitrogens with two attached hydrogens (primary N) is 1. The Bertz CT molecular complexity index is 1420. The van der Waals surface area contributed by atoms with Crippen LogP contribution in [-0.4, -0.2) is 89.9 Å². The standard InChI is InChI=1S/C25H35N5O7S2/c1-18(26)27-13-6-9-21(17-31)28-24(32)16-30(2)25(33)23(12-14-38(3,34)35)29-39(36,37)22-11-10-19-7-4-5-8-20(19)15-22/h4-5,7-8,10-11,15,17,21,23,29H,6,9,12-14,16H2,1-3H3,(H2,26,27)(H,28,32). The molecule has 2 unspecified atom stereocenters. The quantitative estimate of drug-likeness (QED) is 0.115. The average molecular weight is 582 g/mol. The summed E-state index contributed by atoms with van der Waals surface area (Å²) < 4.78 is 52.1. The number of carbonyl (C=O) groups excluding carboxylic acids is 3. The van der Waals surface area contributed by atoms with Crippen molar-refractivity contribution in [2.45, 2.75) is 43.2 Å². The Hall–Kier alpha value is -3.36. The molecule has 0 saturated heterocycles. The molecule has 2 amide bonds. The minimum atomic E-state index is -4.23. The van der Waals surface area contributed by atoms with E-state index in [0.717, 1.165) is 16.5 Å². The molecule has 0 radical (unpaired) electrons. The van der Waals surface area contributed by atoms with Crippen LogP contribution >= 0.6 is 0 Å². The molecule has 0 heterocycles. The van der Waals surface area contributed by atoms with E-state index in [2.05, 4.69) is 15.0 Å². The fraction of sp³-hybridized carbons (Fsp3) is 0.440. The minimum absolute atomic E-state index is 0.0956. The van der Waals surface area contributed by atoms with E-state index in [0.29, 0.717) is 36.9 Å². The van der Waals surface area contributed by atoms with E-state index in [9.17, 15) is 31.2 Å². The normalized spacial score (nSPS) is 14.0. The lowest BCUT2D eigenvalue weighted by Crippen LogP contribution is -2.51. The van der Waals surface area contributed by atoms with E-state index < -0.39 is 56.1 Å². The Morgan fingerprint density at radius 3 is 2.36 bits per heavy atom. The number of nitrogens with one attached hydrogen (secondary N) is 2. The molecular weight excluding hydrogens is 546 g/mol. The first-order valence-electron chi connectivity index (χ1n) is 12.2. The molecule has 0 saturated carbocycles. The summed E-state index contributed by atoms with van der Waals surface area (Å²) in [4.78, 5) is 41.9. The Morgan fingerprint density at radius 1 is 1.08 bits per heavy atom. The number of rotatable bonds is 15. The Kier molecular flexibility index (Phi) is 11.6. The molecule has 0 aliphatic carbocycles. The van der Waals surface area contributed by atoms with Crippen molar-refractivity contribution in [2.24, 2.45) is 10.7 Å². The van der Waals surface area contributed by atoms with Crippen molar-refractivity contribution in [3.05, 3.63) is 42.5 Å². The van der Waals surface area contributed by atoms with Crippen molar-refractivity contribution in [3.8, 4) is 0 Å². The number of aldehydes is 1. The Labute approximate surface area is 229 Å². The van der Waals surface area contributed by atoms with Gasteiger partial charge in [-0.2, -0.15) is 4.72 Å². The highest BCUT2D eigenvalue weighted by molar-refractivity contribution is 7.90. The molecule has 0 bridgehead atoms. The van der Waals surface area contributed by atoms with Crippen molar-refractivity contribution < 1.29 is 31.2 Å². The summed E-state index contributed by atoms with van der Waals surface area (Å²) in [5.74, 6) is -1.49. The lowest BCUT2D eigenvalue weighted by Gasteiger charge is -2.24. The number of amides is 2. The van der Waals surface area contributed by atoms with E-state index in [1.165, 1.54) is 19.2 Å². The van der Waals surface area contributed by atoms with Crippen LogP contribution in [0.2, 0.25) is 0 Å². The third-order valence-electron chi connectivity index (χ3n) is 5.71. The highest BCUT2D eigenvalue weighted by atomic mass is 32.2. The van der Waals surface area contributed by atoms with Crippen molar-refractivity contribution in [3.63, 3.8) is 0 Å². The number of carbonyl (C=O) groups is 3. The van der Waals surface area contributed by atoms with Gasteiger partial charge in [0.05, 0.1) is 29.1 Å². The number of amidine groups is 1. The molecule has 12 nitrogen and oxygen atoms in total. The maximum absolute atomic E-state index is 13.2. The van der Waals surface area contributed by atoms with Crippen LogP contribution < -0.4 is 15.8 Å². The van der Waals surface area contributed by atoms with Crippen LogP contribution in [0.15, 0.2) is 52.4 Å². The predicted octanol–water partition coefficient (Wildman–Crippen LogP) is 0.221. The number of nitrogens with zero attached hydrogens (tertiary/aromatic N) is 2. The molecule has 0 spiro atoms. The lowest BCUT2D eigenvalue weighted by molar-refractivity contribution is -0.136. The summed E-state index contributed by atoms with van der Waals surface area (Å²) in [6.07, 6.45) is 2.02. The molecule has 39 heavy (non-hydrogen) atoms. The molecule has 0 aromatic heterocycles. The summed E-state index contributed by atoms with van der Waals surface area (Å²) in [5.41, 5.74) is 5.47.